The summed E-state index contributed by atoms with van der Waals surface area (Å²) in [5, 5.41) is 6.77. The molecule has 5 nitrogen and oxygen atoms in total. The molecule has 0 amide bonds. The van der Waals surface area contributed by atoms with Gasteiger partial charge in [0, 0.05) is 33.2 Å². The largest absolute Gasteiger partial charge is 0.497 e. The molecule has 140 valence electrons. The van der Waals surface area contributed by atoms with E-state index in [1.807, 2.05) is 25.2 Å². The Bertz CT molecular complexity index is 536. The topological polar surface area (TPSA) is 48.9 Å². The standard InChI is InChI=1S/C20H34N4O/c1-16-11-17(2)15-24(14-16)10-6-9-22-20(21-3)23-13-18-7-5-8-19(12-18)25-4/h5,7-8,12,16-17H,6,9-11,13-15H2,1-4H3,(H2,21,22,23). The summed E-state index contributed by atoms with van der Waals surface area (Å²) >= 11 is 0. The molecule has 5 heteroatoms. The summed E-state index contributed by atoms with van der Waals surface area (Å²) in [6, 6.07) is 8.09. The van der Waals surface area contributed by atoms with Crippen molar-refractivity contribution in [3.05, 3.63) is 29.8 Å². The van der Waals surface area contributed by atoms with Crippen LogP contribution in [-0.4, -0.2) is 51.2 Å². The third-order valence-electron chi connectivity index (χ3n) is 4.71. The molecule has 0 radical (unpaired) electrons. The van der Waals surface area contributed by atoms with Crippen molar-refractivity contribution in [1.82, 2.24) is 15.5 Å². The van der Waals surface area contributed by atoms with Crippen LogP contribution in [0.15, 0.2) is 29.3 Å². The number of aliphatic imine (C=N–C) groups is 1. The summed E-state index contributed by atoms with van der Waals surface area (Å²) in [6.07, 6.45) is 2.51. The molecule has 0 aliphatic carbocycles. The quantitative estimate of drug-likeness (QED) is 0.453. The van der Waals surface area contributed by atoms with Gasteiger partial charge >= 0.3 is 0 Å². The third-order valence-corrected chi connectivity index (χ3v) is 4.71. The highest BCUT2D eigenvalue weighted by Gasteiger charge is 2.20. The lowest BCUT2D eigenvalue weighted by Gasteiger charge is -2.35. The van der Waals surface area contributed by atoms with E-state index < -0.39 is 0 Å². The SMILES string of the molecule is CN=C(NCCCN1CC(C)CC(C)C1)NCc1cccc(OC)c1. The van der Waals surface area contributed by atoms with Crippen LogP contribution in [0.2, 0.25) is 0 Å². The Kier molecular flexibility index (Phi) is 8.06. The second kappa shape index (κ2) is 10.3. The highest BCUT2D eigenvalue weighted by atomic mass is 16.5. The van der Waals surface area contributed by atoms with E-state index >= 15 is 0 Å². The Morgan fingerprint density at radius 3 is 2.68 bits per heavy atom. The van der Waals surface area contributed by atoms with Crippen molar-refractivity contribution in [3.63, 3.8) is 0 Å². The molecule has 2 unspecified atom stereocenters. The maximum atomic E-state index is 5.26. The fourth-order valence-corrected chi connectivity index (χ4v) is 3.67. The first kappa shape index (κ1) is 19.6. The summed E-state index contributed by atoms with van der Waals surface area (Å²) in [6.45, 7) is 10.1. The highest BCUT2D eigenvalue weighted by Crippen LogP contribution is 2.20. The Morgan fingerprint density at radius 2 is 2.00 bits per heavy atom. The molecule has 1 aromatic rings. The molecule has 1 aromatic carbocycles. The van der Waals surface area contributed by atoms with Crippen LogP contribution in [0, 0.1) is 11.8 Å². The zero-order valence-corrected chi connectivity index (χ0v) is 16.2. The van der Waals surface area contributed by atoms with Crippen LogP contribution in [0.4, 0.5) is 0 Å². The average Bonchev–Trinajstić information content (AvgIpc) is 2.60. The number of guanidine groups is 1. The normalized spacial score (nSPS) is 21.8. The predicted molar refractivity (Wildman–Crippen MR) is 105 cm³/mol. The van der Waals surface area contributed by atoms with Gasteiger partial charge in [-0.2, -0.15) is 0 Å². The number of ether oxygens (including phenoxy) is 1. The van der Waals surface area contributed by atoms with E-state index in [4.69, 9.17) is 4.74 Å². The van der Waals surface area contributed by atoms with Gasteiger partial charge in [-0.15, -0.1) is 0 Å². The fraction of sp³-hybridized carbons (Fsp3) is 0.650. The van der Waals surface area contributed by atoms with Gasteiger partial charge in [0.1, 0.15) is 5.75 Å². The van der Waals surface area contributed by atoms with Crippen molar-refractivity contribution in [1.29, 1.82) is 0 Å². The smallest absolute Gasteiger partial charge is 0.191 e. The predicted octanol–water partition coefficient (Wildman–Crippen LogP) is 2.73. The lowest BCUT2D eigenvalue weighted by atomic mass is 9.92. The lowest BCUT2D eigenvalue weighted by molar-refractivity contribution is 0.140. The average molecular weight is 347 g/mol. The molecule has 0 bridgehead atoms. The van der Waals surface area contributed by atoms with E-state index in [1.165, 1.54) is 25.1 Å². The minimum absolute atomic E-state index is 0.734. The zero-order valence-electron chi connectivity index (χ0n) is 16.2. The Hall–Kier alpha value is -1.75. The van der Waals surface area contributed by atoms with Crippen LogP contribution in [-0.2, 0) is 6.54 Å². The first-order valence-electron chi connectivity index (χ1n) is 9.40. The van der Waals surface area contributed by atoms with Crippen LogP contribution in [0.3, 0.4) is 0 Å². The van der Waals surface area contributed by atoms with Gasteiger partial charge < -0.3 is 20.3 Å². The number of rotatable bonds is 7. The van der Waals surface area contributed by atoms with Crippen molar-refractivity contribution < 1.29 is 4.74 Å². The van der Waals surface area contributed by atoms with Crippen LogP contribution >= 0.6 is 0 Å². The number of methoxy groups -OCH3 is 1. The number of nitrogens with one attached hydrogen (secondary N) is 2. The zero-order chi connectivity index (χ0) is 18.1. The van der Waals surface area contributed by atoms with E-state index in [9.17, 15) is 0 Å². The number of nitrogens with zero attached hydrogens (tertiary/aromatic N) is 2. The van der Waals surface area contributed by atoms with Gasteiger partial charge in [0.25, 0.3) is 0 Å². The molecular weight excluding hydrogens is 312 g/mol. The van der Waals surface area contributed by atoms with Gasteiger partial charge in [-0.1, -0.05) is 26.0 Å². The molecule has 1 fully saturated rings. The summed E-state index contributed by atoms with van der Waals surface area (Å²) in [7, 11) is 3.51. The summed E-state index contributed by atoms with van der Waals surface area (Å²) in [5.41, 5.74) is 1.18. The molecule has 1 saturated heterocycles. The Morgan fingerprint density at radius 1 is 1.24 bits per heavy atom. The summed E-state index contributed by atoms with van der Waals surface area (Å²) in [4.78, 5) is 6.91. The van der Waals surface area contributed by atoms with Crippen molar-refractivity contribution in [3.8, 4) is 5.75 Å². The van der Waals surface area contributed by atoms with Gasteiger partial charge in [-0.3, -0.25) is 4.99 Å². The monoisotopic (exact) mass is 346 g/mol. The van der Waals surface area contributed by atoms with Crippen molar-refractivity contribution in [2.75, 3.05) is 40.3 Å². The molecule has 0 spiro atoms. The van der Waals surface area contributed by atoms with E-state index in [-0.39, 0.29) is 0 Å². The molecule has 2 N–H and O–H groups in total. The lowest BCUT2D eigenvalue weighted by Crippen LogP contribution is -2.41. The number of piperidine rings is 1. The Balaban J connectivity index is 1.66. The number of likely N-dealkylation sites (tertiary alicyclic amines) is 1. The molecule has 2 rings (SSSR count). The van der Waals surface area contributed by atoms with Gasteiger partial charge in [0.15, 0.2) is 5.96 Å². The second-order valence-electron chi connectivity index (χ2n) is 7.26. The molecule has 1 aliphatic rings. The summed E-state index contributed by atoms with van der Waals surface area (Å²) < 4.78 is 5.26. The van der Waals surface area contributed by atoms with E-state index in [0.717, 1.165) is 49.6 Å². The van der Waals surface area contributed by atoms with E-state index in [0.29, 0.717) is 0 Å². The second-order valence-corrected chi connectivity index (χ2v) is 7.26. The van der Waals surface area contributed by atoms with Crippen LogP contribution < -0.4 is 15.4 Å². The maximum Gasteiger partial charge on any atom is 0.191 e. The van der Waals surface area contributed by atoms with Gasteiger partial charge in [-0.25, -0.2) is 0 Å². The van der Waals surface area contributed by atoms with Crippen LogP contribution in [0.5, 0.6) is 5.75 Å². The third kappa shape index (κ3) is 6.94. The highest BCUT2D eigenvalue weighted by molar-refractivity contribution is 5.79. The first-order valence-corrected chi connectivity index (χ1v) is 9.40. The maximum absolute atomic E-state index is 5.26. The molecule has 2 atom stereocenters. The number of hydrogen-bond donors (Lipinski definition) is 2. The van der Waals surface area contributed by atoms with Crippen molar-refractivity contribution >= 4 is 5.96 Å². The molecule has 0 aromatic heterocycles. The van der Waals surface area contributed by atoms with Crippen LogP contribution in [0.1, 0.15) is 32.3 Å². The summed E-state index contributed by atoms with van der Waals surface area (Å²) in [5.74, 6) is 3.39. The van der Waals surface area contributed by atoms with Gasteiger partial charge in [0.05, 0.1) is 7.11 Å². The fourth-order valence-electron chi connectivity index (χ4n) is 3.67. The van der Waals surface area contributed by atoms with Crippen LogP contribution in [0.25, 0.3) is 0 Å². The van der Waals surface area contributed by atoms with E-state index in [1.54, 1.807) is 7.11 Å². The van der Waals surface area contributed by atoms with Gasteiger partial charge in [-0.05, 0) is 48.9 Å². The molecule has 0 saturated carbocycles. The van der Waals surface area contributed by atoms with Crippen molar-refractivity contribution in [2.24, 2.45) is 16.8 Å². The molecule has 1 heterocycles. The first-order chi connectivity index (χ1) is 12.1. The van der Waals surface area contributed by atoms with Gasteiger partial charge in [0.2, 0.25) is 0 Å². The Labute approximate surface area is 152 Å². The number of benzene rings is 1. The molecular formula is C20H34N4O. The van der Waals surface area contributed by atoms with Crippen molar-refractivity contribution in [2.45, 2.75) is 33.2 Å². The molecule has 25 heavy (non-hydrogen) atoms. The van der Waals surface area contributed by atoms with E-state index in [2.05, 4.69) is 40.4 Å². The molecule has 1 aliphatic heterocycles. The minimum atomic E-state index is 0.734. The minimum Gasteiger partial charge on any atom is -0.497 e. The number of hydrogen-bond acceptors (Lipinski definition) is 3.